The van der Waals surface area contributed by atoms with Gasteiger partial charge in [-0.1, -0.05) is 30.3 Å². The van der Waals surface area contributed by atoms with Crippen LogP contribution in [0.25, 0.3) is 0 Å². The van der Waals surface area contributed by atoms with Gasteiger partial charge in [0.25, 0.3) is 0 Å². The number of carbonyl (C=O) groups is 1. The predicted octanol–water partition coefficient (Wildman–Crippen LogP) is 4.68. The Hall–Kier alpha value is -2.41. The Labute approximate surface area is 173 Å². The average Bonchev–Trinajstić information content (AvgIpc) is 3.52. The van der Waals surface area contributed by atoms with E-state index < -0.39 is 11.7 Å². The molecular weight excluding hydrogens is 396 g/mol. The molecule has 0 aromatic heterocycles. The maximum Gasteiger partial charge on any atom is 0.416 e. The average molecular weight is 420 g/mol. The van der Waals surface area contributed by atoms with E-state index in [0.717, 1.165) is 30.7 Å². The molecule has 1 aliphatic heterocycles. The summed E-state index contributed by atoms with van der Waals surface area (Å²) in [4.78, 5) is 16.9. The van der Waals surface area contributed by atoms with Crippen molar-refractivity contribution in [1.29, 1.82) is 0 Å². The van der Waals surface area contributed by atoms with Crippen molar-refractivity contribution in [3.63, 3.8) is 0 Å². The van der Waals surface area contributed by atoms with E-state index in [0.29, 0.717) is 38.2 Å². The lowest BCUT2D eigenvalue weighted by Crippen LogP contribution is -2.36. The van der Waals surface area contributed by atoms with Crippen LogP contribution in [-0.2, 0) is 17.5 Å². The van der Waals surface area contributed by atoms with Crippen molar-refractivity contribution >= 4 is 5.91 Å². The molecule has 4 rings (SSSR count). The largest absolute Gasteiger partial charge is 0.416 e. The number of nitrogens with zero attached hydrogens (tertiary/aromatic N) is 2. The first kappa shape index (κ1) is 20.8. The first-order valence-electron chi connectivity index (χ1n) is 10.2. The molecule has 2 unspecified atom stereocenters. The zero-order valence-electron chi connectivity index (χ0n) is 16.5. The minimum atomic E-state index is -4.33. The molecule has 2 aromatic carbocycles. The second-order valence-corrected chi connectivity index (χ2v) is 8.12. The van der Waals surface area contributed by atoms with E-state index in [2.05, 4.69) is 4.90 Å². The number of alkyl halides is 3. The van der Waals surface area contributed by atoms with Gasteiger partial charge >= 0.3 is 6.18 Å². The quantitative estimate of drug-likeness (QED) is 0.671. The van der Waals surface area contributed by atoms with Crippen molar-refractivity contribution < 1.29 is 22.4 Å². The first-order chi connectivity index (χ1) is 14.3. The first-order valence-corrected chi connectivity index (χ1v) is 10.2. The van der Waals surface area contributed by atoms with Gasteiger partial charge in [0.1, 0.15) is 5.82 Å². The molecule has 0 bridgehead atoms. The van der Waals surface area contributed by atoms with Crippen molar-refractivity contribution in [1.82, 2.24) is 9.80 Å². The summed E-state index contributed by atoms with van der Waals surface area (Å²) in [6.45, 7) is 3.25. The van der Waals surface area contributed by atoms with E-state index in [-0.39, 0.29) is 23.6 Å². The zero-order chi connectivity index (χ0) is 21.3. The molecule has 2 aromatic rings. The summed E-state index contributed by atoms with van der Waals surface area (Å²) in [7, 11) is 0. The number of amides is 1. The Balaban J connectivity index is 1.31. The van der Waals surface area contributed by atoms with Crippen LogP contribution < -0.4 is 0 Å². The molecule has 7 heteroatoms. The van der Waals surface area contributed by atoms with Gasteiger partial charge in [-0.3, -0.25) is 9.69 Å². The molecule has 0 N–H and O–H groups in total. The van der Waals surface area contributed by atoms with E-state index >= 15 is 0 Å². The van der Waals surface area contributed by atoms with Gasteiger partial charge in [-0.15, -0.1) is 0 Å². The minimum Gasteiger partial charge on any atom is -0.341 e. The van der Waals surface area contributed by atoms with Crippen LogP contribution in [0.15, 0.2) is 48.5 Å². The summed E-state index contributed by atoms with van der Waals surface area (Å²) in [5, 5.41) is 0. The van der Waals surface area contributed by atoms with Crippen molar-refractivity contribution in [2.24, 2.45) is 5.92 Å². The molecule has 1 aliphatic carbocycles. The van der Waals surface area contributed by atoms with Crippen molar-refractivity contribution in [3.8, 4) is 0 Å². The van der Waals surface area contributed by atoms with Crippen LogP contribution in [0.3, 0.4) is 0 Å². The Morgan fingerprint density at radius 3 is 2.40 bits per heavy atom. The molecule has 30 heavy (non-hydrogen) atoms. The van der Waals surface area contributed by atoms with Crippen LogP contribution in [0.4, 0.5) is 17.6 Å². The Kier molecular flexibility index (Phi) is 5.82. The molecule has 0 spiro atoms. The van der Waals surface area contributed by atoms with E-state index in [1.165, 1.54) is 18.2 Å². The Morgan fingerprint density at radius 2 is 1.70 bits per heavy atom. The molecule has 160 valence electrons. The SMILES string of the molecule is O=C(C1CC1c1ccccc1F)N1CCCN(Cc2ccc(C(F)(F)F)cc2)CC1. The number of halogens is 4. The molecule has 0 radical (unpaired) electrons. The number of carbonyl (C=O) groups excluding carboxylic acids is 1. The van der Waals surface area contributed by atoms with Gasteiger partial charge in [-0.25, -0.2) is 4.39 Å². The smallest absolute Gasteiger partial charge is 0.341 e. The summed E-state index contributed by atoms with van der Waals surface area (Å²) in [6, 6.07) is 11.9. The lowest BCUT2D eigenvalue weighted by atomic mass is 10.1. The summed E-state index contributed by atoms with van der Waals surface area (Å²) in [6.07, 6.45) is -2.83. The highest BCUT2D eigenvalue weighted by Crippen LogP contribution is 2.49. The van der Waals surface area contributed by atoms with Crippen molar-refractivity contribution in [3.05, 3.63) is 71.0 Å². The van der Waals surface area contributed by atoms with E-state index in [4.69, 9.17) is 0 Å². The van der Waals surface area contributed by atoms with Crippen molar-refractivity contribution in [2.45, 2.75) is 31.5 Å². The van der Waals surface area contributed by atoms with Crippen LogP contribution >= 0.6 is 0 Å². The highest BCUT2D eigenvalue weighted by molar-refractivity contribution is 5.83. The molecule has 2 fully saturated rings. The van der Waals surface area contributed by atoms with Gasteiger partial charge in [0.2, 0.25) is 5.91 Å². The third-order valence-corrected chi connectivity index (χ3v) is 6.00. The maximum atomic E-state index is 14.0. The summed E-state index contributed by atoms with van der Waals surface area (Å²) in [5.41, 5.74) is 0.798. The Bertz CT molecular complexity index is 897. The molecule has 1 heterocycles. The van der Waals surface area contributed by atoms with Crippen LogP contribution in [0.1, 0.15) is 35.4 Å². The molecule has 1 saturated carbocycles. The molecule has 2 atom stereocenters. The second kappa shape index (κ2) is 8.38. The topological polar surface area (TPSA) is 23.6 Å². The number of rotatable bonds is 4. The highest BCUT2D eigenvalue weighted by atomic mass is 19.4. The molecule has 1 saturated heterocycles. The fraction of sp³-hybridized carbons (Fsp3) is 0.435. The predicted molar refractivity (Wildman–Crippen MR) is 105 cm³/mol. The molecule has 2 aliphatic rings. The van der Waals surface area contributed by atoms with Gasteiger partial charge in [0, 0.05) is 38.6 Å². The van der Waals surface area contributed by atoms with Crippen LogP contribution in [0.2, 0.25) is 0 Å². The molecule has 1 amide bonds. The van der Waals surface area contributed by atoms with Crippen molar-refractivity contribution in [2.75, 3.05) is 26.2 Å². The fourth-order valence-corrected chi connectivity index (χ4v) is 4.23. The number of hydrogen-bond donors (Lipinski definition) is 0. The Morgan fingerprint density at radius 1 is 0.967 bits per heavy atom. The highest BCUT2D eigenvalue weighted by Gasteiger charge is 2.46. The van der Waals surface area contributed by atoms with Gasteiger partial charge in [-0.2, -0.15) is 13.2 Å². The standard InChI is InChI=1S/C23H24F4N2O/c24-21-5-2-1-4-18(21)19-14-20(19)22(30)29-11-3-10-28(12-13-29)15-16-6-8-17(9-7-16)23(25,26)27/h1-2,4-9,19-20H,3,10-15H2. The minimum absolute atomic E-state index is 0.0368. The van der Waals surface area contributed by atoms with Gasteiger partial charge in [0.15, 0.2) is 0 Å². The maximum absolute atomic E-state index is 14.0. The summed E-state index contributed by atoms with van der Waals surface area (Å²) < 4.78 is 52.1. The summed E-state index contributed by atoms with van der Waals surface area (Å²) >= 11 is 0. The normalized spacial score (nSPS) is 22.6. The van der Waals surface area contributed by atoms with Gasteiger partial charge in [-0.05, 0) is 48.1 Å². The lowest BCUT2D eigenvalue weighted by molar-refractivity contribution is -0.137. The summed E-state index contributed by atoms with van der Waals surface area (Å²) in [5.74, 6) is -0.357. The van der Waals surface area contributed by atoms with Crippen LogP contribution in [0.5, 0.6) is 0 Å². The van der Waals surface area contributed by atoms with E-state index in [1.54, 1.807) is 18.2 Å². The fourth-order valence-electron chi connectivity index (χ4n) is 4.23. The third-order valence-electron chi connectivity index (χ3n) is 6.00. The molecular formula is C23H24F4N2O. The number of benzene rings is 2. The molecule has 3 nitrogen and oxygen atoms in total. The lowest BCUT2D eigenvalue weighted by Gasteiger charge is -2.22. The van der Waals surface area contributed by atoms with Gasteiger partial charge in [0.05, 0.1) is 5.56 Å². The van der Waals surface area contributed by atoms with Crippen LogP contribution in [-0.4, -0.2) is 41.9 Å². The van der Waals surface area contributed by atoms with E-state index in [1.807, 2.05) is 4.90 Å². The second-order valence-electron chi connectivity index (χ2n) is 8.12. The van der Waals surface area contributed by atoms with Gasteiger partial charge < -0.3 is 4.90 Å². The number of hydrogen-bond acceptors (Lipinski definition) is 2. The van der Waals surface area contributed by atoms with Crippen LogP contribution in [0, 0.1) is 11.7 Å². The van der Waals surface area contributed by atoms with E-state index in [9.17, 15) is 22.4 Å². The zero-order valence-corrected chi connectivity index (χ0v) is 16.5. The third kappa shape index (κ3) is 4.67. The monoisotopic (exact) mass is 420 g/mol.